The molecule has 3 heterocycles. The van der Waals surface area contributed by atoms with Gasteiger partial charge >= 0.3 is 0 Å². The average molecular weight is 508 g/mol. The van der Waals surface area contributed by atoms with E-state index in [1.807, 2.05) is 66.7 Å². The highest BCUT2D eigenvalue weighted by molar-refractivity contribution is 6.51. The van der Waals surface area contributed by atoms with Crippen molar-refractivity contribution in [2.45, 2.75) is 25.8 Å². The number of aliphatic hydroxyl groups is 1. The van der Waals surface area contributed by atoms with Crippen LogP contribution in [-0.4, -0.2) is 42.0 Å². The Bertz CT molecular complexity index is 1600. The van der Waals surface area contributed by atoms with E-state index < -0.39 is 17.7 Å². The summed E-state index contributed by atoms with van der Waals surface area (Å²) in [5, 5.41) is 12.5. The van der Waals surface area contributed by atoms with Gasteiger partial charge < -0.3 is 19.7 Å². The van der Waals surface area contributed by atoms with E-state index in [0.717, 1.165) is 27.7 Å². The number of nitrogens with zero attached hydrogens (tertiary/aromatic N) is 2. The molecular formula is C31H29N3O4. The zero-order valence-corrected chi connectivity index (χ0v) is 21.6. The van der Waals surface area contributed by atoms with E-state index in [1.54, 1.807) is 18.2 Å². The standard InChI is InChI=1S/C31H29N3O4/c1-18(2)19-8-11-21(12-9-19)34-28(23-17-32-24-7-5-4-6-22(23)24)27(30(36)31(34)37)29(35)20-10-13-26-25(16-20)33(3)14-15-38-26/h4-13,16-18,28,32,35H,14-15H2,1-3H3/b29-27+. The number of fused-ring (bicyclic) bond motifs is 2. The molecule has 38 heavy (non-hydrogen) atoms. The molecule has 1 unspecified atom stereocenters. The van der Waals surface area contributed by atoms with Crippen LogP contribution in [0, 0.1) is 0 Å². The third-order valence-corrected chi connectivity index (χ3v) is 7.53. The molecule has 2 aliphatic heterocycles. The molecule has 2 aliphatic rings. The number of rotatable bonds is 4. The molecule has 3 aromatic carbocycles. The minimum Gasteiger partial charge on any atom is -0.507 e. The molecule has 192 valence electrons. The number of carbonyl (C=O) groups is 2. The Labute approximate surface area is 221 Å². The molecule has 4 aromatic rings. The molecule has 1 saturated heterocycles. The lowest BCUT2D eigenvalue weighted by Crippen LogP contribution is -2.29. The van der Waals surface area contributed by atoms with Crippen molar-refractivity contribution in [3.63, 3.8) is 0 Å². The van der Waals surface area contributed by atoms with Crippen LogP contribution in [0.4, 0.5) is 11.4 Å². The second-order valence-electron chi connectivity index (χ2n) is 10.2. The molecule has 0 spiro atoms. The number of hydrogen-bond acceptors (Lipinski definition) is 5. The zero-order chi connectivity index (χ0) is 26.6. The number of aromatic nitrogens is 1. The van der Waals surface area contributed by atoms with Crippen LogP contribution in [0.15, 0.2) is 78.5 Å². The van der Waals surface area contributed by atoms with E-state index in [2.05, 4.69) is 18.8 Å². The number of hydrogen-bond donors (Lipinski definition) is 2. The molecule has 6 rings (SSSR count). The zero-order valence-electron chi connectivity index (χ0n) is 21.6. The van der Waals surface area contributed by atoms with Crippen molar-refractivity contribution in [3.05, 3.63) is 95.2 Å². The van der Waals surface area contributed by atoms with Gasteiger partial charge in [-0.25, -0.2) is 0 Å². The van der Waals surface area contributed by atoms with Crippen molar-refractivity contribution < 1.29 is 19.4 Å². The first-order valence-electron chi connectivity index (χ1n) is 12.8. The SMILES string of the molecule is CC(C)c1ccc(N2C(=O)C(=O)/C(=C(/O)c3ccc4c(c3)N(C)CCO4)C2c2c[nH]c3ccccc23)cc1. The van der Waals surface area contributed by atoms with Gasteiger partial charge in [-0.05, 0) is 47.9 Å². The number of ketones is 1. The van der Waals surface area contributed by atoms with E-state index in [4.69, 9.17) is 4.74 Å². The van der Waals surface area contributed by atoms with Gasteiger partial charge in [0.05, 0.1) is 23.8 Å². The lowest BCUT2D eigenvalue weighted by atomic mass is 9.94. The quantitative estimate of drug-likeness (QED) is 0.209. The summed E-state index contributed by atoms with van der Waals surface area (Å²) in [6.45, 7) is 5.50. The van der Waals surface area contributed by atoms with Crippen LogP contribution < -0.4 is 14.5 Å². The summed E-state index contributed by atoms with van der Waals surface area (Å²) in [5.41, 5.74) is 4.70. The predicted octanol–water partition coefficient (Wildman–Crippen LogP) is 5.75. The van der Waals surface area contributed by atoms with Crippen LogP contribution in [0.25, 0.3) is 16.7 Å². The van der Waals surface area contributed by atoms with Crippen LogP contribution in [0.5, 0.6) is 5.75 Å². The number of H-pyrrole nitrogens is 1. The van der Waals surface area contributed by atoms with Gasteiger partial charge in [0.1, 0.15) is 18.1 Å². The number of benzene rings is 3. The van der Waals surface area contributed by atoms with Crippen LogP contribution in [-0.2, 0) is 9.59 Å². The maximum absolute atomic E-state index is 13.6. The molecule has 0 radical (unpaired) electrons. The maximum Gasteiger partial charge on any atom is 0.300 e. The lowest BCUT2D eigenvalue weighted by Gasteiger charge is -2.28. The normalized spacial score (nSPS) is 18.8. The van der Waals surface area contributed by atoms with Crippen molar-refractivity contribution in [2.24, 2.45) is 0 Å². The molecule has 2 N–H and O–H groups in total. The molecule has 1 atom stereocenters. The van der Waals surface area contributed by atoms with Gasteiger partial charge in [-0.1, -0.05) is 44.2 Å². The second-order valence-corrected chi connectivity index (χ2v) is 10.2. The highest BCUT2D eigenvalue weighted by Crippen LogP contribution is 2.45. The molecular weight excluding hydrogens is 478 g/mol. The highest BCUT2D eigenvalue weighted by Gasteiger charge is 2.47. The van der Waals surface area contributed by atoms with Gasteiger partial charge in [-0.2, -0.15) is 0 Å². The Hall–Kier alpha value is -4.52. The number of aliphatic hydroxyl groups excluding tert-OH is 1. The summed E-state index contributed by atoms with van der Waals surface area (Å²) in [6, 6.07) is 20.0. The number of nitrogens with one attached hydrogen (secondary N) is 1. The number of para-hydroxylation sites is 1. The third-order valence-electron chi connectivity index (χ3n) is 7.53. The van der Waals surface area contributed by atoms with Gasteiger partial charge in [-0.15, -0.1) is 0 Å². The summed E-state index contributed by atoms with van der Waals surface area (Å²) in [6.07, 6.45) is 1.82. The Morgan fingerprint density at radius 1 is 1.05 bits per heavy atom. The van der Waals surface area contributed by atoms with Gasteiger partial charge in [0.2, 0.25) is 0 Å². The minimum absolute atomic E-state index is 0.0621. The van der Waals surface area contributed by atoms with E-state index in [1.165, 1.54) is 4.90 Å². The van der Waals surface area contributed by atoms with E-state index in [0.29, 0.717) is 36.1 Å². The summed E-state index contributed by atoms with van der Waals surface area (Å²) < 4.78 is 5.75. The second kappa shape index (κ2) is 9.10. The summed E-state index contributed by atoms with van der Waals surface area (Å²) >= 11 is 0. The Morgan fingerprint density at radius 3 is 2.58 bits per heavy atom. The number of carbonyl (C=O) groups excluding carboxylic acids is 2. The van der Waals surface area contributed by atoms with Crippen molar-refractivity contribution in [2.75, 3.05) is 30.0 Å². The molecule has 0 saturated carbocycles. The third kappa shape index (κ3) is 3.74. The van der Waals surface area contributed by atoms with Crippen molar-refractivity contribution >= 4 is 39.7 Å². The van der Waals surface area contributed by atoms with Crippen LogP contribution in [0.3, 0.4) is 0 Å². The number of likely N-dealkylation sites (N-methyl/N-ethyl adjacent to an activating group) is 1. The first kappa shape index (κ1) is 23.9. The van der Waals surface area contributed by atoms with Crippen molar-refractivity contribution in [1.29, 1.82) is 0 Å². The minimum atomic E-state index is -0.805. The fourth-order valence-electron chi connectivity index (χ4n) is 5.39. The van der Waals surface area contributed by atoms with Crippen molar-refractivity contribution in [1.82, 2.24) is 4.98 Å². The lowest BCUT2D eigenvalue weighted by molar-refractivity contribution is -0.132. The maximum atomic E-state index is 13.6. The van der Waals surface area contributed by atoms with Crippen molar-refractivity contribution in [3.8, 4) is 5.75 Å². The monoisotopic (exact) mass is 507 g/mol. The topological polar surface area (TPSA) is 85.9 Å². The number of anilines is 2. The molecule has 7 nitrogen and oxygen atoms in total. The number of ether oxygens (including phenoxy) is 1. The van der Waals surface area contributed by atoms with Crippen LogP contribution in [0.2, 0.25) is 0 Å². The number of Topliss-reactive ketones (excluding diaryl/α,β-unsaturated/α-hetero) is 1. The van der Waals surface area contributed by atoms with Gasteiger partial charge in [0, 0.05) is 41.0 Å². The first-order valence-corrected chi connectivity index (χ1v) is 12.8. The van der Waals surface area contributed by atoms with Gasteiger partial charge in [0.15, 0.2) is 0 Å². The first-order chi connectivity index (χ1) is 18.3. The van der Waals surface area contributed by atoms with E-state index in [-0.39, 0.29) is 11.3 Å². The molecule has 1 fully saturated rings. The smallest absolute Gasteiger partial charge is 0.300 e. The Balaban J connectivity index is 1.55. The van der Waals surface area contributed by atoms with Gasteiger partial charge in [0.25, 0.3) is 11.7 Å². The fourth-order valence-corrected chi connectivity index (χ4v) is 5.39. The van der Waals surface area contributed by atoms with Crippen LogP contribution in [0.1, 0.15) is 42.5 Å². The molecule has 0 aliphatic carbocycles. The molecule has 1 aromatic heterocycles. The summed E-state index contributed by atoms with van der Waals surface area (Å²) in [5.74, 6) is -0.545. The van der Waals surface area contributed by atoms with E-state index in [9.17, 15) is 14.7 Å². The number of aromatic amines is 1. The summed E-state index contributed by atoms with van der Waals surface area (Å²) in [4.78, 5) is 34.0. The molecule has 1 amide bonds. The highest BCUT2D eigenvalue weighted by atomic mass is 16.5. The fraction of sp³-hybridized carbons (Fsp3) is 0.226. The Morgan fingerprint density at radius 2 is 1.82 bits per heavy atom. The summed E-state index contributed by atoms with van der Waals surface area (Å²) in [7, 11) is 1.96. The predicted molar refractivity (Wildman–Crippen MR) is 149 cm³/mol. The molecule has 7 heteroatoms. The average Bonchev–Trinajstić information content (AvgIpc) is 3.46. The molecule has 0 bridgehead atoms. The number of amides is 1. The van der Waals surface area contributed by atoms with E-state index >= 15 is 0 Å². The largest absolute Gasteiger partial charge is 0.507 e. The van der Waals surface area contributed by atoms with Crippen LogP contribution >= 0.6 is 0 Å². The van der Waals surface area contributed by atoms with Gasteiger partial charge in [-0.3, -0.25) is 14.5 Å². The Kier molecular flexibility index (Phi) is 5.71.